The number of hydrogen-bond donors (Lipinski definition) is 2. The summed E-state index contributed by atoms with van der Waals surface area (Å²) in [5.41, 5.74) is 6.93. The van der Waals surface area contributed by atoms with Crippen LogP contribution in [0.1, 0.15) is 34.0 Å². The molecule has 0 aliphatic rings. The number of nitrogens with two attached hydrogens (primary N) is 1. The summed E-state index contributed by atoms with van der Waals surface area (Å²) in [7, 11) is 0. The van der Waals surface area contributed by atoms with Gasteiger partial charge >= 0.3 is 0 Å². The summed E-state index contributed by atoms with van der Waals surface area (Å²) in [5.74, 6) is -0.163. The van der Waals surface area contributed by atoms with Crippen LogP contribution in [0, 0.1) is 0 Å². The molecule has 2 heterocycles. The van der Waals surface area contributed by atoms with E-state index in [9.17, 15) is 4.79 Å². The van der Waals surface area contributed by atoms with Gasteiger partial charge in [-0.1, -0.05) is 0 Å². The Hall–Kier alpha value is -1.79. The van der Waals surface area contributed by atoms with E-state index in [0.717, 1.165) is 10.6 Å². The van der Waals surface area contributed by atoms with Crippen molar-refractivity contribution in [1.29, 1.82) is 0 Å². The zero-order valence-corrected chi connectivity index (χ0v) is 11.5. The largest absolute Gasteiger partial charge is 0.344 e. The number of carbonyl (C=O) groups is 1. The van der Waals surface area contributed by atoms with Gasteiger partial charge in [0.2, 0.25) is 0 Å². The zero-order chi connectivity index (χ0) is 13.7. The molecule has 3 N–H and O–H groups in total. The van der Waals surface area contributed by atoms with Crippen molar-refractivity contribution in [3.63, 3.8) is 0 Å². The first-order valence-electron chi connectivity index (χ1n) is 6.06. The Morgan fingerprint density at radius 3 is 2.89 bits per heavy atom. The minimum atomic E-state index is -0.163. The van der Waals surface area contributed by atoms with E-state index < -0.39 is 0 Å². The topological polar surface area (TPSA) is 80.9 Å². The molecule has 0 saturated carbocycles. The van der Waals surface area contributed by atoms with Gasteiger partial charge in [0.05, 0.1) is 11.0 Å². The first kappa shape index (κ1) is 13.6. The van der Waals surface area contributed by atoms with Crippen LogP contribution in [0.15, 0.2) is 29.9 Å². The van der Waals surface area contributed by atoms with Gasteiger partial charge < -0.3 is 11.1 Å². The van der Waals surface area contributed by atoms with Crippen LogP contribution in [-0.2, 0) is 6.42 Å². The third-order valence-corrected chi connectivity index (χ3v) is 3.60. The first-order chi connectivity index (χ1) is 9.20. The number of thiazole rings is 1. The highest BCUT2D eigenvalue weighted by atomic mass is 32.1. The third kappa shape index (κ3) is 3.59. The van der Waals surface area contributed by atoms with Crippen molar-refractivity contribution in [3.05, 3.63) is 46.2 Å². The molecule has 0 fully saturated rings. The highest BCUT2D eigenvalue weighted by Crippen LogP contribution is 2.13. The smallest absolute Gasteiger partial charge is 0.271 e. The van der Waals surface area contributed by atoms with Gasteiger partial charge in [0.15, 0.2) is 0 Å². The molecule has 1 unspecified atom stereocenters. The maximum absolute atomic E-state index is 12.0. The monoisotopic (exact) mass is 276 g/mol. The molecule has 0 radical (unpaired) electrons. The molecule has 0 aromatic carbocycles. The second-order valence-corrected chi connectivity index (χ2v) is 5.08. The lowest BCUT2D eigenvalue weighted by atomic mass is 10.1. The Kier molecular flexibility index (Phi) is 4.59. The number of nitrogens with one attached hydrogen (secondary N) is 1. The molecule has 5 nitrogen and oxygen atoms in total. The van der Waals surface area contributed by atoms with Gasteiger partial charge in [-0.2, -0.15) is 0 Å². The van der Waals surface area contributed by atoms with Crippen molar-refractivity contribution in [2.45, 2.75) is 19.4 Å². The third-order valence-electron chi connectivity index (χ3n) is 2.70. The quantitative estimate of drug-likeness (QED) is 0.867. The van der Waals surface area contributed by atoms with Crippen molar-refractivity contribution in [2.24, 2.45) is 5.73 Å². The molecule has 100 valence electrons. The number of amides is 1. The Bertz CT molecular complexity index is 541. The molecule has 0 bridgehead atoms. The highest BCUT2D eigenvalue weighted by molar-refractivity contribution is 7.09. The summed E-state index contributed by atoms with van der Waals surface area (Å²) in [4.78, 5) is 20.2. The van der Waals surface area contributed by atoms with E-state index in [1.807, 2.05) is 19.1 Å². The minimum Gasteiger partial charge on any atom is -0.344 e. The maximum Gasteiger partial charge on any atom is 0.271 e. The lowest BCUT2D eigenvalue weighted by Gasteiger charge is -2.12. The normalized spacial score (nSPS) is 12.1. The molecule has 0 saturated heterocycles. The number of hydrogen-bond acceptors (Lipinski definition) is 5. The van der Waals surface area contributed by atoms with Crippen LogP contribution in [0.2, 0.25) is 0 Å². The van der Waals surface area contributed by atoms with Crippen LogP contribution in [0.25, 0.3) is 0 Å². The predicted octanol–water partition coefficient (Wildman–Crippen LogP) is 1.53. The summed E-state index contributed by atoms with van der Waals surface area (Å²) in [5, 5.41) is 5.57. The van der Waals surface area contributed by atoms with E-state index in [-0.39, 0.29) is 11.9 Å². The van der Waals surface area contributed by atoms with Crippen molar-refractivity contribution in [2.75, 3.05) is 6.54 Å². The number of pyridine rings is 1. The van der Waals surface area contributed by atoms with Gasteiger partial charge in [0.1, 0.15) is 5.69 Å². The molecule has 1 atom stereocenters. The van der Waals surface area contributed by atoms with Crippen LogP contribution in [-0.4, -0.2) is 22.4 Å². The molecule has 2 aromatic heterocycles. The molecule has 6 heteroatoms. The number of nitrogens with zero attached hydrogens (tertiary/aromatic N) is 2. The molecule has 0 spiro atoms. The molecular formula is C13H16N4OS. The fourth-order valence-electron chi connectivity index (χ4n) is 1.66. The molecular weight excluding hydrogens is 260 g/mol. The summed E-state index contributed by atoms with van der Waals surface area (Å²) < 4.78 is 0. The Morgan fingerprint density at radius 1 is 1.47 bits per heavy atom. The van der Waals surface area contributed by atoms with Crippen LogP contribution in [0.5, 0.6) is 0 Å². The van der Waals surface area contributed by atoms with Gasteiger partial charge in [0.25, 0.3) is 5.91 Å². The van der Waals surface area contributed by atoms with E-state index in [2.05, 4.69) is 15.3 Å². The van der Waals surface area contributed by atoms with Crippen molar-refractivity contribution < 1.29 is 4.79 Å². The van der Waals surface area contributed by atoms with Crippen molar-refractivity contribution in [1.82, 2.24) is 15.3 Å². The average molecular weight is 276 g/mol. The maximum atomic E-state index is 12.0. The highest BCUT2D eigenvalue weighted by Gasteiger charge is 2.14. The predicted molar refractivity (Wildman–Crippen MR) is 75.0 cm³/mol. The van der Waals surface area contributed by atoms with E-state index >= 15 is 0 Å². The first-order valence-corrected chi connectivity index (χ1v) is 6.94. The summed E-state index contributed by atoms with van der Waals surface area (Å²) in [6, 6.07) is 3.69. The van der Waals surface area contributed by atoms with Gasteiger partial charge in [-0.15, -0.1) is 11.3 Å². The molecule has 1 amide bonds. The molecule has 0 aliphatic carbocycles. The van der Waals surface area contributed by atoms with Crippen LogP contribution < -0.4 is 11.1 Å². The van der Waals surface area contributed by atoms with E-state index in [1.165, 1.54) is 11.3 Å². The van der Waals surface area contributed by atoms with Crippen LogP contribution in [0.3, 0.4) is 0 Å². The molecule has 0 aliphatic heterocycles. The van der Waals surface area contributed by atoms with Crippen LogP contribution in [0.4, 0.5) is 0 Å². The van der Waals surface area contributed by atoms with E-state index in [1.54, 1.807) is 17.8 Å². The zero-order valence-electron chi connectivity index (χ0n) is 10.7. The lowest BCUT2D eigenvalue weighted by Crippen LogP contribution is -2.27. The summed E-state index contributed by atoms with van der Waals surface area (Å²) in [6.07, 6.45) is 4.12. The second kappa shape index (κ2) is 6.40. The van der Waals surface area contributed by atoms with Crippen molar-refractivity contribution >= 4 is 17.2 Å². The van der Waals surface area contributed by atoms with E-state index in [4.69, 9.17) is 5.73 Å². The van der Waals surface area contributed by atoms with Gasteiger partial charge in [-0.25, -0.2) is 4.98 Å². The SMILES string of the molecule is CC(NC(=O)c1csc(CCN)n1)c1ccncc1. The van der Waals surface area contributed by atoms with E-state index in [0.29, 0.717) is 18.7 Å². The van der Waals surface area contributed by atoms with Crippen LogP contribution >= 0.6 is 11.3 Å². The standard InChI is InChI=1S/C13H16N4OS/c1-9(10-3-6-15-7-4-10)16-13(18)11-8-19-12(17-11)2-5-14/h3-4,6-9H,2,5,14H2,1H3,(H,16,18). The van der Waals surface area contributed by atoms with Gasteiger partial charge in [-0.3, -0.25) is 9.78 Å². The second-order valence-electron chi connectivity index (χ2n) is 4.14. The fourth-order valence-corrected chi connectivity index (χ4v) is 2.45. The fraction of sp³-hybridized carbons (Fsp3) is 0.308. The molecule has 19 heavy (non-hydrogen) atoms. The summed E-state index contributed by atoms with van der Waals surface area (Å²) in [6.45, 7) is 2.47. The van der Waals surface area contributed by atoms with Crippen molar-refractivity contribution in [3.8, 4) is 0 Å². The van der Waals surface area contributed by atoms with Gasteiger partial charge in [0, 0.05) is 24.2 Å². The number of carbonyl (C=O) groups excluding carboxylic acids is 1. The van der Waals surface area contributed by atoms with Gasteiger partial charge in [-0.05, 0) is 31.2 Å². The Morgan fingerprint density at radius 2 is 2.21 bits per heavy atom. The average Bonchev–Trinajstić information content (AvgIpc) is 2.89. The Labute approximate surface area is 115 Å². The number of aromatic nitrogens is 2. The minimum absolute atomic E-state index is 0.0739. The summed E-state index contributed by atoms with van der Waals surface area (Å²) >= 11 is 1.46. The number of rotatable bonds is 5. The Balaban J connectivity index is 2.00. The molecule has 2 aromatic rings. The molecule has 2 rings (SSSR count). The lowest BCUT2D eigenvalue weighted by molar-refractivity contribution is 0.0935.